The lowest BCUT2D eigenvalue weighted by Crippen LogP contribution is -2.16. The Balaban J connectivity index is 1.74. The van der Waals surface area contributed by atoms with Crippen LogP contribution in [-0.4, -0.2) is 60.6 Å². The highest BCUT2D eigenvalue weighted by Crippen LogP contribution is 2.37. The summed E-state index contributed by atoms with van der Waals surface area (Å²) in [6.07, 6.45) is 3.24. The summed E-state index contributed by atoms with van der Waals surface area (Å²) in [5, 5.41) is 0.402. The van der Waals surface area contributed by atoms with Gasteiger partial charge in [0.25, 0.3) is 28.2 Å². The molecule has 14 heteroatoms. The number of nitrogens with zero attached hydrogens (tertiary/aromatic N) is 4. The van der Waals surface area contributed by atoms with Crippen molar-refractivity contribution >= 4 is 26.9 Å². The molecular formula is C21H20F2N6O5S. The Morgan fingerprint density at radius 2 is 1.83 bits per heavy atom. The molecule has 3 heterocycles. The second-order valence-corrected chi connectivity index (χ2v) is 8.78. The molecule has 4 rings (SSSR count). The molecule has 184 valence electrons. The highest BCUT2D eigenvalue weighted by atomic mass is 32.2. The SMILES string of the molecule is COc1nc(NS(=O)(=O)c2c[nH]c3c(-c4cnccn4)c(C)ccc23)nc(OC)c1OCC(F)F. The van der Waals surface area contributed by atoms with Crippen molar-refractivity contribution in [2.45, 2.75) is 18.2 Å². The summed E-state index contributed by atoms with van der Waals surface area (Å²) in [5.41, 5.74) is 2.70. The molecule has 0 amide bonds. The minimum absolute atomic E-state index is 0.0720. The fourth-order valence-corrected chi connectivity index (χ4v) is 4.55. The van der Waals surface area contributed by atoms with Crippen molar-refractivity contribution in [1.82, 2.24) is 24.9 Å². The molecule has 0 radical (unpaired) electrons. The molecule has 4 aromatic rings. The summed E-state index contributed by atoms with van der Waals surface area (Å²) in [6.45, 7) is 0.921. The van der Waals surface area contributed by atoms with E-state index < -0.39 is 29.0 Å². The number of H-pyrrole nitrogens is 1. The number of alkyl halides is 2. The molecule has 0 fully saturated rings. The van der Waals surface area contributed by atoms with Crippen LogP contribution in [0.3, 0.4) is 0 Å². The summed E-state index contributed by atoms with van der Waals surface area (Å²) < 4.78 is 69.1. The summed E-state index contributed by atoms with van der Waals surface area (Å²) in [6, 6.07) is 3.44. The molecule has 0 saturated carbocycles. The Labute approximate surface area is 198 Å². The Morgan fingerprint density at radius 3 is 2.43 bits per heavy atom. The first-order chi connectivity index (χ1) is 16.7. The molecule has 0 spiro atoms. The van der Waals surface area contributed by atoms with Gasteiger partial charge >= 0.3 is 0 Å². The van der Waals surface area contributed by atoms with Gasteiger partial charge in [-0.25, -0.2) is 21.9 Å². The fraction of sp³-hybridized carbons (Fsp3) is 0.238. The minimum atomic E-state index is -4.21. The number of hydrogen-bond donors (Lipinski definition) is 2. The topological polar surface area (TPSA) is 141 Å². The third-order valence-corrected chi connectivity index (χ3v) is 6.27. The Hall–Kier alpha value is -4.07. The molecule has 2 N–H and O–H groups in total. The Bertz CT molecular complexity index is 1440. The molecule has 0 aliphatic rings. The van der Waals surface area contributed by atoms with Gasteiger partial charge in [-0.05, 0) is 12.5 Å². The van der Waals surface area contributed by atoms with Gasteiger partial charge in [0.15, 0.2) is 0 Å². The van der Waals surface area contributed by atoms with Crippen molar-refractivity contribution in [3.05, 3.63) is 42.5 Å². The van der Waals surface area contributed by atoms with Crippen LogP contribution in [0.2, 0.25) is 0 Å². The van der Waals surface area contributed by atoms with Gasteiger partial charge in [-0.3, -0.25) is 9.97 Å². The predicted molar refractivity (Wildman–Crippen MR) is 122 cm³/mol. The highest BCUT2D eigenvalue weighted by Gasteiger charge is 2.25. The molecule has 0 bridgehead atoms. The number of aromatic amines is 1. The van der Waals surface area contributed by atoms with Crippen LogP contribution in [0.4, 0.5) is 14.7 Å². The molecule has 0 aliphatic heterocycles. The van der Waals surface area contributed by atoms with E-state index in [0.717, 1.165) is 5.56 Å². The maximum atomic E-state index is 13.3. The van der Waals surface area contributed by atoms with Gasteiger partial charge in [-0.15, -0.1) is 0 Å². The third kappa shape index (κ3) is 4.77. The van der Waals surface area contributed by atoms with Gasteiger partial charge in [0.2, 0.25) is 11.7 Å². The summed E-state index contributed by atoms with van der Waals surface area (Å²) >= 11 is 0. The van der Waals surface area contributed by atoms with Crippen LogP contribution in [0, 0.1) is 6.92 Å². The smallest absolute Gasteiger partial charge is 0.272 e. The summed E-state index contributed by atoms with van der Waals surface area (Å²) in [5.74, 6) is -1.25. The lowest BCUT2D eigenvalue weighted by Gasteiger charge is -2.14. The lowest BCUT2D eigenvalue weighted by molar-refractivity contribution is 0.0781. The van der Waals surface area contributed by atoms with Crippen LogP contribution in [0.25, 0.3) is 22.2 Å². The molecule has 11 nitrogen and oxygen atoms in total. The zero-order valence-electron chi connectivity index (χ0n) is 18.7. The summed E-state index contributed by atoms with van der Waals surface area (Å²) in [4.78, 5) is 19.2. The fourth-order valence-electron chi connectivity index (χ4n) is 3.44. The number of nitrogens with one attached hydrogen (secondary N) is 2. The van der Waals surface area contributed by atoms with E-state index in [1.54, 1.807) is 30.7 Å². The maximum Gasteiger partial charge on any atom is 0.272 e. The number of methoxy groups -OCH3 is 2. The molecule has 0 aliphatic carbocycles. The van der Waals surface area contributed by atoms with Crippen LogP contribution in [0.15, 0.2) is 41.8 Å². The minimum Gasteiger partial charge on any atom is -0.478 e. The number of hydrogen-bond acceptors (Lipinski definition) is 9. The van der Waals surface area contributed by atoms with Crippen LogP contribution < -0.4 is 18.9 Å². The number of fused-ring (bicyclic) bond motifs is 1. The van der Waals surface area contributed by atoms with Crippen molar-refractivity contribution in [1.29, 1.82) is 0 Å². The number of benzene rings is 1. The van der Waals surface area contributed by atoms with Crippen molar-refractivity contribution in [3.63, 3.8) is 0 Å². The largest absolute Gasteiger partial charge is 0.478 e. The monoisotopic (exact) mass is 506 g/mol. The number of anilines is 1. The molecule has 1 aromatic carbocycles. The molecule has 0 unspecified atom stereocenters. The first-order valence-corrected chi connectivity index (χ1v) is 11.5. The number of halogens is 2. The number of rotatable bonds is 9. The quantitative estimate of drug-likeness (QED) is 0.350. The van der Waals surface area contributed by atoms with Gasteiger partial charge in [-0.2, -0.15) is 9.97 Å². The standard InChI is InChI=1S/C21H20F2N6O5S/c1-11-4-5-12-14(9-26-17(12)16(11)13-8-24-6-7-25-13)35(30,31)29-21-27-19(32-2)18(20(28-21)33-3)34-10-15(22)23/h4-9,15,26H,10H2,1-3H3,(H,27,28,29). The van der Waals surface area contributed by atoms with E-state index in [1.807, 2.05) is 6.92 Å². The Morgan fingerprint density at radius 1 is 1.11 bits per heavy atom. The van der Waals surface area contributed by atoms with E-state index in [1.165, 1.54) is 20.4 Å². The van der Waals surface area contributed by atoms with Crippen molar-refractivity contribution in [2.24, 2.45) is 0 Å². The van der Waals surface area contributed by atoms with E-state index in [4.69, 9.17) is 14.2 Å². The summed E-state index contributed by atoms with van der Waals surface area (Å²) in [7, 11) is -1.78. The van der Waals surface area contributed by atoms with E-state index >= 15 is 0 Å². The van der Waals surface area contributed by atoms with Crippen molar-refractivity contribution < 1.29 is 31.4 Å². The van der Waals surface area contributed by atoms with Crippen LogP contribution in [0.5, 0.6) is 17.5 Å². The molecule has 0 atom stereocenters. The van der Waals surface area contributed by atoms with Crippen molar-refractivity contribution in [3.8, 4) is 28.8 Å². The van der Waals surface area contributed by atoms with Crippen LogP contribution in [-0.2, 0) is 10.0 Å². The van der Waals surface area contributed by atoms with Gasteiger partial charge in [-0.1, -0.05) is 12.1 Å². The lowest BCUT2D eigenvalue weighted by atomic mass is 10.0. The number of ether oxygens (including phenoxy) is 3. The third-order valence-electron chi connectivity index (χ3n) is 4.90. The normalized spacial score (nSPS) is 11.6. The van der Waals surface area contributed by atoms with Crippen molar-refractivity contribution in [2.75, 3.05) is 25.5 Å². The van der Waals surface area contributed by atoms with Gasteiger partial charge < -0.3 is 19.2 Å². The van der Waals surface area contributed by atoms with Gasteiger partial charge in [0.05, 0.1) is 31.6 Å². The molecule has 0 saturated heterocycles. The van der Waals surface area contributed by atoms with E-state index in [2.05, 4.69) is 29.6 Å². The number of aryl methyl sites for hydroxylation is 1. The molecule has 35 heavy (non-hydrogen) atoms. The number of aromatic nitrogens is 5. The van der Waals surface area contributed by atoms with Crippen LogP contribution in [0.1, 0.15) is 5.56 Å². The van der Waals surface area contributed by atoms with Gasteiger partial charge in [0, 0.05) is 29.5 Å². The second-order valence-electron chi connectivity index (χ2n) is 7.13. The van der Waals surface area contributed by atoms with Gasteiger partial charge in [0.1, 0.15) is 11.5 Å². The van der Waals surface area contributed by atoms with Crippen LogP contribution >= 0.6 is 0 Å². The van der Waals surface area contributed by atoms with E-state index in [0.29, 0.717) is 22.2 Å². The highest BCUT2D eigenvalue weighted by molar-refractivity contribution is 7.93. The predicted octanol–water partition coefficient (Wildman–Crippen LogP) is 3.19. The average Bonchev–Trinajstić information content (AvgIpc) is 3.27. The number of sulfonamides is 1. The first kappa shape index (κ1) is 24.1. The molecular weight excluding hydrogens is 486 g/mol. The maximum absolute atomic E-state index is 13.3. The Kier molecular flexibility index (Phi) is 6.64. The molecule has 3 aromatic heterocycles. The zero-order valence-corrected chi connectivity index (χ0v) is 19.6. The van der Waals surface area contributed by atoms with E-state index in [-0.39, 0.29) is 22.4 Å². The average molecular weight is 506 g/mol. The first-order valence-electron chi connectivity index (χ1n) is 10.1. The second kappa shape index (κ2) is 9.66. The van der Waals surface area contributed by atoms with E-state index in [9.17, 15) is 17.2 Å². The zero-order chi connectivity index (χ0) is 25.2.